The molecule has 0 fully saturated rings. The SMILES string of the molecule is CCOC(=O)CCCNC(=O)c1cccc(OC)c1. The van der Waals surface area contributed by atoms with Crippen molar-refractivity contribution in [1.82, 2.24) is 5.32 Å². The van der Waals surface area contributed by atoms with E-state index in [-0.39, 0.29) is 11.9 Å². The van der Waals surface area contributed by atoms with Gasteiger partial charge in [-0.1, -0.05) is 6.07 Å². The van der Waals surface area contributed by atoms with Crippen molar-refractivity contribution in [2.24, 2.45) is 0 Å². The third-order valence-electron chi connectivity index (χ3n) is 2.48. The predicted molar refractivity (Wildman–Crippen MR) is 71.2 cm³/mol. The van der Waals surface area contributed by atoms with Crippen LogP contribution in [0, 0.1) is 0 Å². The Kier molecular flexibility index (Phi) is 6.43. The molecular formula is C14H19NO4. The van der Waals surface area contributed by atoms with Crippen LogP contribution in [0.1, 0.15) is 30.1 Å². The van der Waals surface area contributed by atoms with Crippen molar-refractivity contribution in [1.29, 1.82) is 0 Å². The minimum absolute atomic E-state index is 0.178. The Hall–Kier alpha value is -2.04. The molecule has 0 atom stereocenters. The van der Waals surface area contributed by atoms with E-state index in [1.807, 2.05) is 0 Å². The van der Waals surface area contributed by atoms with Gasteiger partial charge in [0.2, 0.25) is 0 Å². The van der Waals surface area contributed by atoms with Gasteiger partial charge >= 0.3 is 5.97 Å². The molecule has 1 rings (SSSR count). The Bertz CT molecular complexity index is 431. The Balaban J connectivity index is 2.33. The van der Waals surface area contributed by atoms with Crippen LogP contribution in [0.15, 0.2) is 24.3 Å². The zero-order valence-corrected chi connectivity index (χ0v) is 11.3. The topological polar surface area (TPSA) is 64.6 Å². The molecule has 19 heavy (non-hydrogen) atoms. The second kappa shape index (κ2) is 8.13. The molecule has 5 nitrogen and oxygen atoms in total. The normalized spacial score (nSPS) is 9.79. The van der Waals surface area contributed by atoms with Crippen LogP contribution < -0.4 is 10.1 Å². The molecule has 1 N–H and O–H groups in total. The number of hydrogen-bond acceptors (Lipinski definition) is 4. The van der Waals surface area contributed by atoms with E-state index in [4.69, 9.17) is 9.47 Å². The number of carbonyl (C=O) groups excluding carboxylic acids is 2. The Morgan fingerprint density at radius 1 is 1.32 bits per heavy atom. The zero-order chi connectivity index (χ0) is 14.1. The molecule has 0 aliphatic heterocycles. The van der Waals surface area contributed by atoms with Gasteiger partial charge in [0.1, 0.15) is 5.75 Å². The van der Waals surface area contributed by atoms with Crippen LogP contribution in [-0.2, 0) is 9.53 Å². The molecule has 1 aromatic carbocycles. The third-order valence-corrected chi connectivity index (χ3v) is 2.48. The molecule has 0 spiro atoms. The fraction of sp³-hybridized carbons (Fsp3) is 0.429. The molecule has 0 aliphatic rings. The predicted octanol–water partition coefficient (Wildman–Crippen LogP) is 1.77. The molecule has 1 amide bonds. The van der Waals surface area contributed by atoms with Crippen molar-refractivity contribution in [3.8, 4) is 5.75 Å². The van der Waals surface area contributed by atoms with Crippen LogP contribution in [0.5, 0.6) is 5.75 Å². The van der Waals surface area contributed by atoms with Gasteiger partial charge in [0.25, 0.3) is 5.91 Å². The monoisotopic (exact) mass is 265 g/mol. The van der Waals surface area contributed by atoms with Crippen LogP contribution in [0.4, 0.5) is 0 Å². The molecule has 0 saturated carbocycles. The van der Waals surface area contributed by atoms with Crippen LogP contribution >= 0.6 is 0 Å². The van der Waals surface area contributed by atoms with E-state index in [1.54, 1.807) is 38.3 Å². The van der Waals surface area contributed by atoms with E-state index in [0.29, 0.717) is 37.3 Å². The van der Waals surface area contributed by atoms with E-state index in [1.165, 1.54) is 0 Å². The highest BCUT2D eigenvalue weighted by molar-refractivity contribution is 5.94. The molecule has 1 aromatic rings. The second-order valence-corrected chi connectivity index (χ2v) is 3.90. The lowest BCUT2D eigenvalue weighted by atomic mass is 10.2. The average molecular weight is 265 g/mol. The van der Waals surface area contributed by atoms with Gasteiger partial charge in [-0.3, -0.25) is 9.59 Å². The third kappa shape index (κ3) is 5.42. The average Bonchev–Trinajstić information content (AvgIpc) is 2.43. The zero-order valence-electron chi connectivity index (χ0n) is 11.3. The fourth-order valence-electron chi connectivity index (χ4n) is 1.53. The van der Waals surface area contributed by atoms with Crippen molar-refractivity contribution in [3.05, 3.63) is 29.8 Å². The smallest absolute Gasteiger partial charge is 0.305 e. The summed E-state index contributed by atoms with van der Waals surface area (Å²) < 4.78 is 9.84. The number of nitrogens with one attached hydrogen (secondary N) is 1. The van der Waals surface area contributed by atoms with Gasteiger partial charge < -0.3 is 14.8 Å². The van der Waals surface area contributed by atoms with Gasteiger partial charge in [0, 0.05) is 18.5 Å². The quantitative estimate of drug-likeness (QED) is 0.603. The largest absolute Gasteiger partial charge is 0.497 e. The van der Waals surface area contributed by atoms with Gasteiger partial charge in [0.15, 0.2) is 0 Å². The van der Waals surface area contributed by atoms with Gasteiger partial charge in [0.05, 0.1) is 13.7 Å². The summed E-state index contributed by atoms with van der Waals surface area (Å²) >= 11 is 0. The molecule has 0 radical (unpaired) electrons. The summed E-state index contributed by atoms with van der Waals surface area (Å²) in [6, 6.07) is 6.91. The lowest BCUT2D eigenvalue weighted by Crippen LogP contribution is -2.25. The van der Waals surface area contributed by atoms with E-state index in [0.717, 1.165) is 0 Å². The van der Waals surface area contributed by atoms with Crippen molar-refractivity contribution >= 4 is 11.9 Å². The summed E-state index contributed by atoms with van der Waals surface area (Å²) in [7, 11) is 1.55. The lowest BCUT2D eigenvalue weighted by molar-refractivity contribution is -0.143. The highest BCUT2D eigenvalue weighted by Gasteiger charge is 2.06. The minimum atomic E-state index is -0.238. The van der Waals surface area contributed by atoms with Crippen LogP contribution in [0.25, 0.3) is 0 Å². The summed E-state index contributed by atoms with van der Waals surface area (Å²) in [6.45, 7) is 2.59. The number of amides is 1. The van der Waals surface area contributed by atoms with Crippen LogP contribution in [0.3, 0.4) is 0 Å². The fourth-order valence-corrected chi connectivity index (χ4v) is 1.53. The van der Waals surface area contributed by atoms with Gasteiger partial charge in [-0.25, -0.2) is 0 Å². The molecule has 0 unspecified atom stereocenters. The van der Waals surface area contributed by atoms with Crippen molar-refractivity contribution < 1.29 is 19.1 Å². The maximum atomic E-state index is 11.8. The Morgan fingerprint density at radius 3 is 2.79 bits per heavy atom. The van der Waals surface area contributed by atoms with E-state index in [2.05, 4.69) is 5.32 Å². The Morgan fingerprint density at radius 2 is 2.11 bits per heavy atom. The maximum absolute atomic E-state index is 11.8. The summed E-state index contributed by atoms with van der Waals surface area (Å²) in [5.74, 6) is 0.222. The second-order valence-electron chi connectivity index (χ2n) is 3.90. The summed E-state index contributed by atoms with van der Waals surface area (Å²) in [5.41, 5.74) is 0.537. The van der Waals surface area contributed by atoms with Crippen molar-refractivity contribution in [3.63, 3.8) is 0 Å². The van der Waals surface area contributed by atoms with Crippen molar-refractivity contribution in [2.45, 2.75) is 19.8 Å². The number of hydrogen-bond donors (Lipinski definition) is 1. The lowest BCUT2D eigenvalue weighted by Gasteiger charge is -2.06. The molecule has 0 aromatic heterocycles. The standard InChI is InChI=1S/C14H19NO4/c1-3-19-13(16)8-5-9-15-14(17)11-6-4-7-12(10-11)18-2/h4,6-7,10H,3,5,8-9H2,1-2H3,(H,15,17). The first kappa shape index (κ1) is 15.0. The molecule has 0 aliphatic carbocycles. The molecule has 0 bridgehead atoms. The molecular weight excluding hydrogens is 246 g/mol. The summed E-state index contributed by atoms with van der Waals surface area (Å²) in [5, 5.41) is 2.75. The van der Waals surface area contributed by atoms with Crippen LogP contribution in [-0.4, -0.2) is 32.1 Å². The first-order valence-corrected chi connectivity index (χ1v) is 6.25. The number of esters is 1. The first-order chi connectivity index (χ1) is 9.17. The number of rotatable bonds is 7. The molecule has 5 heteroatoms. The molecule has 0 saturated heterocycles. The number of methoxy groups -OCH3 is 1. The number of ether oxygens (including phenoxy) is 2. The van der Waals surface area contributed by atoms with E-state index < -0.39 is 0 Å². The summed E-state index contributed by atoms with van der Waals surface area (Å²) in [4.78, 5) is 22.9. The van der Waals surface area contributed by atoms with E-state index in [9.17, 15) is 9.59 Å². The van der Waals surface area contributed by atoms with Gasteiger partial charge in [-0.15, -0.1) is 0 Å². The number of carbonyl (C=O) groups is 2. The van der Waals surface area contributed by atoms with Gasteiger partial charge in [-0.05, 0) is 31.5 Å². The molecule has 104 valence electrons. The first-order valence-electron chi connectivity index (χ1n) is 6.25. The van der Waals surface area contributed by atoms with E-state index >= 15 is 0 Å². The highest BCUT2D eigenvalue weighted by Crippen LogP contribution is 2.12. The van der Waals surface area contributed by atoms with Crippen LogP contribution in [0.2, 0.25) is 0 Å². The maximum Gasteiger partial charge on any atom is 0.305 e. The highest BCUT2D eigenvalue weighted by atomic mass is 16.5. The Labute approximate surface area is 112 Å². The summed E-state index contributed by atoms with van der Waals surface area (Å²) in [6.07, 6.45) is 0.876. The minimum Gasteiger partial charge on any atom is -0.497 e. The van der Waals surface area contributed by atoms with Gasteiger partial charge in [-0.2, -0.15) is 0 Å². The number of benzene rings is 1. The molecule has 0 heterocycles. The van der Waals surface area contributed by atoms with Crippen molar-refractivity contribution in [2.75, 3.05) is 20.3 Å².